The zero-order valence-corrected chi connectivity index (χ0v) is 14.6. The maximum absolute atomic E-state index is 13.0. The Hall–Kier alpha value is -2.79. The highest BCUT2D eigenvalue weighted by Crippen LogP contribution is 2.32. The molecule has 0 bridgehead atoms. The highest BCUT2D eigenvalue weighted by molar-refractivity contribution is 5.44. The maximum atomic E-state index is 13.0. The monoisotopic (exact) mass is 353 g/mol. The summed E-state index contributed by atoms with van der Waals surface area (Å²) in [5, 5.41) is 0. The van der Waals surface area contributed by atoms with E-state index < -0.39 is 0 Å². The van der Waals surface area contributed by atoms with Crippen LogP contribution in [-0.2, 0) is 24.5 Å². The van der Waals surface area contributed by atoms with E-state index in [0.717, 1.165) is 33.9 Å². The SMILES string of the molecule is Cc1c(COCc2ccc3c(c2)OCO3)ccn1Cc1ccc(F)cc1. The highest BCUT2D eigenvalue weighted by Gasteiger charge is 2.13. The second-order valence-corrected chi connectivity index (χ2v) is 6.36. The summed E-state index contributed by atoms with van der Waals surface area (Å²) in [6.07, 6.45) is 2.04. The molecule has 134 valence electrons. The van der Waals surface area contributed by atoms with E-state index in [-0.39, 0.29) is 12.6 Å². The Morgan fingerprint density at radius 3 is 2.58 bits per heavy atom. The van der Waals surface area contributed by atoms with E-state index in [0.29, 0.717) is 19.8 Å². The lowest BCUT2D eigenvalue weighted by Crippen LogP contribution is -2.02. The Labute approximate surface area is 151 Å². The lowest BCUT2D eigenvalue weighted by Gasteiger charge is -2.09. The van der Waals surface area contributed by atoms with Crippen molar-refractivity contribution in [2.45, 2.75) is 26.7 Å². The molecule has 4 rings (SSSR count). The number of hydrogen-bond acceptors (Lipinski definition) is 3. The van der Waals surface area contributed by atoms with Crippen LogP contribution in [0.1, 0.15) is 22.4 Å². The summed E-state index contributed by atoms with van der Waals surface area (Å²) in [5.41, 5.74) is 4.42. The molecule has 26 heavy (non-hydrogen) atoms. The van der Waals surface area contributed by atoms with Crippen LogP contribution in [0.5, 0.6) is 11.5 Å². The van der Waals surface area contributed by atoms with E-state index in [9.17, 15) is 4.39 Å². The van der Waals surface area contributed by atoms with Gasteiger partial charge in [-0.05, 0) is 53.9 Å². The van der Waals surface area contributed by atoms with Gasteiger partial charge in [0.15, 0.2) is 11.5 Å². The fraction of sp³-hybridized carbons (Fsp3) is 0.238. The largest absolute Gasteiger partial charge is 0.454 e. The molecule has 4 nitrogen and oxygen atoms in total. The van der Waals surface area contributed by atoms with Crippen LogP contribution in [0.25, 0.3) is 0 Å². The van der Waals surface area contributed by atoms with Gasteiger partial charge >= 0.3 is 0 Å². The standard InChI is InChI=1S/C21H20FNO3/c1-15-18(8-9-23(15)11-16-2-5-19(22)6-3-16)13-24-12-17-4-7-20-21(10-17)26-14-25-20/h2-10H,11-14H2,1H3. The Kier molecular flexibility index (Phi) is 4.63. The summed E-state index contributed by atoms with van der Waals surface area (Å²) < 4.78 is 31.7. The molecule has 0 radical (unpaired) electrons. The van der Waals surface area contributed by atoms with Crippen molar-refractivity contribution in [1.29, 1.82) is 0 Å². The molecule has 2 heterocycles. The van der Waals surface area contributed by atoms with Crippen LogP contribution in [0, 0.1) is 12.7 Å². The normalized spacial score (nSPS) is 12.5. The smallest absolute Gasteiger partial charge is 0.231 e. The molecule has 0 unspecified atom stereocenters. The van der Waals surface area contributed by atoms with Crippen LogP contribution < -0.4 is 9.47 Å². The Balaban J connectivity index is 1.35. The average molecular weight is 353 g/mol. The zero-order valence-electron chi connectivity index (χ0n) is 14.6. The van der Waals surface area contributed by atoms with Crippen LogP contribution in [0.3, 0.4) is 0 Å². The van der Waals surface area contributed by atoms with Gasteiger partial charge in [0, 0.05) is 18.4 Å². The predicted molar refractivity (Wildman–Crippen MR) is 95.7 cm³/mol. The molecule has 0 N–H and O–H groups in total. The molecule has 0 spiro atoms. The van der Waals surface area contributed by atoms with Gasteiger partial charge in [-0.15, -0.1) is 0 Å². The van der Waals surface area contributed by atoms with Gasteiger partial charge in [0.2, 0.25) is 6.79 Å². The third kappa shape index (κ3) is 3.58. The first-order valence-electron chi connectivity index (χ1n) is 8.54. The molecule has 0 aliphatic carbocycles. The van der Waals surface area contributed by atoms with Gasteiger partial charge in [-0.1, -0.05) is 18.2 Å². The summed E-state index contributed by atoms with van der Waals surface area (Å²) in [6.45, 7) is 4.12. The fourth-order valence-corrected chi connectivity index (χ4v) is 3.02. The number of ether oxygens (including phenoxy) is 3. The van der Waals surface area contributed by atoms with E-state index in [4.69, 9.17) is 14.2 Å². The number of aromatic nitrogens is 1. The number of nitrogens with zero attached hydrogens (tertiary/aromatic N) is 1. The molecule has 0 saturated heterocycles. The van der Waals surface area contributed by atoms with Crippen LogP contribution in [0.15, 0.2) is 54.7 Å². The lowest BCUT2D eigenvalue weighted by molar-refractivity contribution is 0.106. The summed E-state index contributed by atoms with van der Waals surface area (Å²) in [4.78, 5) is 0. The van der Waals surface area contributed by atoms with Crippen LogP contribution in [0.2, 0.25) is 0 Å². The quantitative estimate of drug-likeness (QED) is 0.657. The van der Waals surface area contributed by atoms with Crippen molar-refractivity contribution in [2.24, 2.45) is 0 Å². The molecule has 3 aromatic rings. The molecule has 0 fully saturated rings. The van der Waals surface area contributed by atoms with Gasteiger partial charge in [-0.3, -0.25) is 0 Å². The van der Waals surface area contributed by atoms with Gasteiger partial charge in [-0.2, -0.15) is 0 Å². The first-order chi connectivity index (χ1) is 12.7. The summed E-state index contributed by atoms with van der Waals surface area (Å²) in [6, 6.07) is 14.5. The molecule has 0 amide bonds. The van der Waals surface area contributed by atoms with E-state index in [1.54, 1.807) is 0 Å². The van der Waals surface area contributed by atoms with Crippen molar-refractivity contribution in [3.05, 3.63) is 82.9 Å². The van der Waals surface area contributed by atoms with E-state index in [2.05, 4.69) is 17.6 Å². The minimum absolute atomic E-state index is 0.212. The molecular weight excluding hydrogens is 333 g/mol. The van der Waals surface area contributed by atoms with Crippen molar-refractivity contribution in [3.8, 4) is 11.5 Å². The van der Waals surface area contributed by atoms with Crippen molar-refractivity contribution >= 4 is 0 Å². The van der Waals surface area contributed by atoms with Gasteiger partial charge in [0.1, 0.15) is 5.82 Å². The van der Waals surface area contributed by atoms with Gasteiger partial charge in [0.25, 0.3) is 0 Å². The lowest BCUT2D eigenvalue weighted by atomic mass is 10.2. The molecule has 0 saturated carbocycles. The van der Waals surface area contributed by atoms with Crippen molar-refractivity contribution in [3.63, 3.8) is 0 Å². The predicted octanol–water partition coefficient (Wildman–Crippen LogP) is 4.43. The first kappa shape index (κ1) is 16.7. The van der Waals surface area contributed by atoms with Gasteiger partial charge in [0.05, 0.1) is 13.2 Å². The minimum atomic E-state index is -0.212. The topological polar surface area (TPSA) is 32.6 Å². The van der Waals surface area contributed by atoms with E-state index >= 15 is 0 Å². The average Bonchev–Trinajstić information content (AvgIpc) is 3.25. The Morgan fingerprint density at radius 1 is 0.962 bits per heavy atom. The molecule has 1 aromatic heterocycles. The molecular formula is C21H20FNO3. The maximum Gasteiger partial charge on any atom is 0.231 e. The minimum Gasteiger partial charge on any atom is -0.454 e. The second kappa shape index (κ2) is 7.22. The fourth-order valence-electron chi connectivity index (χ4n) is 3.02. The third-order valence-electron chi connectivity index (χ3n) is 4.58. The zero-order chi connectivity index (χ0) is 17.9. The number of halogens is 1. The third-order valence-corrected chi connectivity index (χ3v) is 4.58. The number of benzene rings is 2. The van der Waals surface area contributed by atoms with Crippen molar-refractivity contribution in [2.75, 3.05) is 6.79 Å². The molecule has 2 aromatic carbocycles. The molecule has 1 aliphatic rings. The highest BCUT2D eigenvalue weighted by atomic mass is 19.1. The Morgan fingerprint density at radius 2 is 1.73 bits per heavy atom. The number of rotatable bonds is 6. The molecule has 0 atom stereocenters. The first-order valence-corrected chi connectivity index (χ1v) is 8.54. The summed E-state index contributed by atoms with van der Waals surface area (Å²) >= 11 is 0. The molecule has 5 heteroatoms. The number of hydrogen-bond donors (Lipinski definition) is 0. The van der Waals surface area contributed by atoms with E-state index in [1.807, 2.05) is 36.5 Å². The number of fused-ring (bicyclic) bond motifs is 1. The van der Waals surface area contributed by atoms with Crippen molar-refractivity contribution in [1.82, 2.24) is 4.57 Å². The van der Waals surface area contributed by atoms with E-state index in [1.165, 1.54) is 12.1 Å². The van der Waals surface area contributed by atoms with Crippen LogP contribution >= 0.6 is 0 Å². The Bertz CT molecular complexity index is 902. The van der Waals surface area contributed by atoms with Gasteiger partial charge < -0.3 is 18.8 Å². The molecule has 1 aliphatic heterocycles. The van der Waals surface area contributed by atoms with Crippen LogP contribution in [-0.4, -0.2) is 11.4 Å². The van der Waals surface area contributed by atoms with Gasteiger partial charge in [-0.25, -0.2) is 4.39 Å². The van der Waals surface area contributed by atoms with Crippen molar-refractivity contribution < 1.29 is 18.6 Å². The van der Waals surface area contributed by atoms with Crippen LogP contribution in [0.4, 0.5) is 4.39 Å². The second-order valence-electron chi connectivity index (χ2n) is 6.36. The summed E-state index contributed by atoms with van der Waals surface area (Å²) in [7, 11) is 0. The summed E-state index contributed by atoms with van der Waals surface area (Å²) in [5.74, 6) is 1.34.